The zero-order chi connectivity index (χ0) is 15.4. The van der Waals surface area contributed by atoms with Gasteiger partial charge in [0.15, 0.2) is 0 Å². The van der Waals surface area contributed by atoms with Crippen molar-refractivity contribution < 1.29 is 4.74 Å². The monoisotopic (exact) mass is 323 g/mol. The number of aryl methyl sites for hydroxylation is 2. The van der Waals surface area contributed by atoms with Crippen LogP contribution in [0.4, 0.5) is 0 Å². The average molecular weight is 324 g/mol. The number of hydrogen-bond acceptors (Lipinski definition) is 3. The predicted molar refractivity (Wildman–Crippen MR) is 91.9 cm³/mol. The molecule has 1 unspecified atom stereocenters. The largest absolute Gasteiger partial charge is 0.495 e. The number of rotatable bonds is 6. The number of hydrogen-bond donors (Lipinski definition) is 1. The molecule has 2 rings (SSSR count). The highest BCUT2D eigenvalue weighted by molar-refractivity contribution is 7.12. The Morgan fingerprint density at radius 1 is 1.29 bits per heavy atom. The summed E-state index contributed by atoms with van der Waals surface area (Å²) in [4.78, 5) is 2.71. The van der Waals surface area contributed by atoms with E-state index in [0.29, 0.717) is 5.02 Å². The molecule has 0 amide bonds. The van der Waals surface area contributed by atoms with E-state index in [2.05, 4.69) is 38.2 Å². The molecule has 2 nitrogen and oxygen atoms in total. The molecule has 0 saturated heterocycles. The van der Waals surface area contributed by atoms with Crippen LogP contribution in [0, 0.1) is 13.8 Å². The molecule has 0 saturated carbocycles. The van der Waals surface area contributed by atoms with E-state index < -0.39 is 0 Å². The number of thiophene rings is 1. The van der Waals surface area contributed by atoms with E-state index in [1.54, 1.807) is 7.11 Å². The van der Waals surface area contributed by atoms with Crippen molar-refractivity contribution in [2.45, 2.75) is 33.2 Å². The smallest absolute Gasteiger partial charge is 0.137 e. The van der Waals surface area contributed by atoms with E-state index in [9.17, 15) is 0 Å². The maximum atomic E-state index is 6.14. The summed E-state index contributed by atoms with van der Waals surface area (Å²) in [7, 11) is 1.65. The van der Waals surface area contributed by atoms with Crippen molar-refractivity contribution in [3.05, 3.63) is 50.2 Å². The molecule has 1 atom stereocenters. The van der Waals surface area contributed by atoms with Gasteiger partial charge in [-0.15, -0.1) is 11.3 Å². The average Bonchev–Trinajstić information content (AvgIpc) is 2.80. The third kappa shape index (κ3) is 3.79. The molecule has 21 heavy (non-hydrogen) atoms. The van der Waals surface area contributed by atoms with E-state index in [-0.39, 0.29) is 6.04 Å². The molecule has 114 valence electrons. The molecule has 0 radical (unpaired) electrons. The third-order valence-electron chi connectivity index (χ3n) is 3.58. The number of halogens is 1. The molecular formula is C17H22ClNOS. The van der Waals surface area contributed by atoms with Crippen molar-refractivity contribution in [1.29, 1.82) is 0 Å². The molecule has 0 fully saturated rings. The first-order chi connectivity index (χ1) is 10.1. The lowest BCUT2D eigenvalue weighted by molar-refractivity contribution is 0.414. The van der Waals surface area contributed by atoms with Crippen LogP contribution in [0.2, 0.25) is 5.02 Å². The van der Waals surface area contributed by atoms with Gasteiger partial charge in [0, 0.05) is 9.75 Å². The fourth-order valence-electron chi connectivity index (χ4n) is 2.27. The van der Waals surface area contributed by atoms with Gasteiger partial charge < -0.3 is 10.1 Å². The summed E-state index contributed by atoms with van der Waals surface area (Å²) < 4.78 is 5.35. The molecule has 0 spiro atoms. The minimum absolute atomic E-state index is 0.188. The summed E-state index contributed by atoms with van der Waals surface area (Å²) in [5.41, 5.74) is 2.53. The van der Waals surface area contributed by atoms with Gasteiger partial charge in [0.2, 0.25) is 0 Å². The van der Waals surface area contributed by atoms with Gasteiger partial charge in [-0.2, -0.15) is 0 Å². The highest BCUT2D eigenvalue weighted by Gasteiger charge is 2.18. The van der Waals surface area contributed by atoms with Gasteiger partial charge in [-0.1, -0.05) is 24.6 Å². The Balaban J connectivity index is 2.39. The fraction of sp³-hybridized carbons (Fsp3) is 0.412. The van der Waals surface area contributed by atoms with E-state index in [1.165, 1.54) is 20.9 Å². The molecule has 0 aliphatic carbocycles. The molecule has 4 heteroatoms. The van der Waals surface area contributed by atoms with E-state index >= 15 is 0 Å². The van der Waals surface area contributed by atoms with Crippen LogP contribution in [0.15, 0.2) is 24.3 Å². The molecule has 1 N–H and O–H groups in total. The first-order valence-corrected chi connectivity index (χ1v) is 8.40. The van der Waals surface area contributed by atoms with Crippen molar-refractivity contribution >= 4 is 22.9 Å². The Hall–Kier alpha value is -1.03. The van der Waals surface area contributed by atoms with E-state index in [0.717, 1.165) is 18.7 Å². The first-order valence-electron chi connectivity index (χ1n) is 7.20. The molecule has 2 aromatic rings. The lowest BCUT2D eigenvalue weighted by Gasteiger charge is -2.19. The van der Waals surface area contributed by atoms with Crippen molar-refractivity contribution in [1.82, 2.24) is 5.32 Å². The maximum absolute atomic E-state index is 6.14. The van der Waals surface area contributed by atoms with Crippen LogP contribution in [0.5, 0.6) is 5.75 Å². The van der Waals surface area contributed by atoms with Gasteiger partial charge in [0.25, 0.3) is 0 Å². The second-order valence-corrected chi connectivity index (χ2v) is 6.86. The maximum Gasteiger partial charge on any atom is 0.137 e. The summed E-state index contributed by atoms with van der Waals surface area (Å²) in [5.74, 6) is 0.725. The summed E-state index contributed by atoms with van der Waals surface area (Å²) in [6, 6.07) is 8.47. The lowest BCUT2D eigenvalue weighted by atomic mass is 10.0. The van der Waals surface area contributed by atoms with Gasteiger partial charge in [0.05, 0.1) is 18.2 Å². The topological polar surface area (TPSA) is 21.3 Å². The summed E-state index contributed by atoms with van der Waals surface area (Å²) in [6.07, 6.45) is 1.10. The zero-order valence-corrected chi connectivity index (χ0v) is 14.6. The number of methoxy groups -OCH3 is 1. The quantitative estimate of drug-likeness (QED) is 0.797. The van der Waals surface area contributed by atoms with Gasteiger partial charge in [-0.05, 0) is 56.1 Å². The number of benzene rings is 1. The van der Waals surface area contributed by atoms with Gasteiger partial charge in [-0.25, -0.2) is 0 Å². The molecule has 1 aromatic carbocycles. The van der Waals surface area contributed by atoms with Crippen LogP contribution in [0.25, 0.3) is 0 Å². The second kappa shape index (κ2) is 7.30. The van der Waals surface area contributed by atoms with Crippen molar-refractivity contribution in [2.24, 2.45) is 0 Å². The minimum Gasteiger partial charge on any atom is -0.495 e. The first kappa shape index (κ1) is 16.3. The highest BCUT2D eigenvalue weighted by Crippen LogP contribution is 2.34. The van der Waals surface area contributed by atoms with Crippen LogP contribution in [-0.4, -0.2) is 13.7 Å². The summed E-state index contributed by atoms with van der Waals surface area (Å²) in [5, 5.41) is 4.27. The predicted octanol–water partition coefficient (Wildman–Crippen LogP) is 5.12. The van der Waals surface area contributed by atoms with Gasteiger partial charge >= 0.3 is 0 Å². The van der Waals surface area contributed by atoms with Crippen LogP contribution in [0.3, 0.4) is 0 Å². The van der Waals surface area contributed by atoms with Gasteiger partial charge in [0.1, 0.15) is 5.75 Å². The van der Waals surface area contributed by atoms with Crippen LogP contribution < -0.4 is 10.1 Å². The van der Waals surface area contributed by atoms with Crippen molar-refractivity contribution in [3.63, 3.8) is 0 Å². The standard InChI is InChI=1S/C17H22ClNOS/c1-5-8-19-17(16-9-11(2)12(3)21-16)13-6-7-14(18)15(10-13)20-4/h6-7,9-10,17,19H,5,8H2,1-4H3. The Bertz CT molecular complexity index is 589. The molecular weight excluding hydrogens is 302 g/mol. The summed E-state index contributed by atoms with van der Waals surface area (Å²) >= 11 is 7.99. The Morgan fingerprint density at radius 2 is 2.05 bits per heavy atom. The minimum atomic E-state index is 0.188. The van der Waals surface area contributed by atoms with E-state index in [1.807, 2.05) is 23.5 Å². The Morgan fingerprint density at radius 3 is 2.62 bits per heavy atom. The molecule has 1 heterocycles. The molecule has 0 bridgehead atoms. The Kier molecular flexibility index (Phi) is 5.68. The highest BCUT2D eigenvalue weighted by atomic mass is 35.5. The third-order valence-corrected chi connectivity index (χ3v) is 5.11. The van der Waals surface area contributed by atoms with Crippen LogP contribution in [-0.2, 0) is 0 Å². The lowest BCUT2D eigenvalue weighted by Crippen LogP contribution is -2.22. The van der Waals surface area contributed by atoms with Crippen LogP contribution in [0.1, 0.15) is 40.3 Å². The molecule has 1 aromatic heterocycles. The normalized spacial score (nSPS) is 12.4. The molecule has 0 aliphatic rings. The summed E-state index contributed by atoms with van der Waals surface area (Å²) in [6.45, 7) is 7.49. The number of nitrogens with one attached hydrogen (secondary N) is 1. The van der Waals surface area contributed by atoms with Crippen molar-refractivity contribution in [2.75, 3.05) is 13.7 Å². The SMILES string of the molecule is CCCNC(c1ccc(Cl)c(OC)c1)c1cc(C)c(C)s1. The zero-order valence-electron chi connectivity index (χ0n) is 13.0. The van der Waals surface area contributed by atoms with Gasteiger partial charge in [-0.3, -0.25) is 0 Å². The number of ether oxygens (including phenoxy) is 1. The Labute approximate surface area is 136 Å². The van der Waals surface area contributed by atoms with Crippen molar-refractivity contribution in [3.8, 4) is 5.75 Å². The van der Waals surface area contributed by atoms with E-state index in [4.69, 9.17) is 16.3 Å². The fourth-order valence-corrected chi connectivity index (χ4v) is 3.61. The molecule has 0 aliphatic heterocycles. The van der Waals surface area contributed by atoms with Crippen LogP contribution >= 0.6 is 22.9 Å². The second-order valence-electron chi connectivity index (χ2n) is 5.17.